The van der Waals surface area contributed by atoms with Crippen LogP contribution in [0.4, 0.5) is 4.79 Å². The minimum atomic E-state index is -0.976. The Morgan fingerprint density at radius 1 is 0.833 bits per heavy atom. The van der Waals surface area contributed by atoms with E-state index in [0.717, 1.165) is 36.0 Å². The Hall–Kier alpha value is -2.90. The molecule has 2 aromatic rings. The molecule has 2 amide bonds. The van der Waals surface area contributed by atoms with Crippen LogP contribution in [0.2, 0.25) is 0 Å². The average Bonchev–Trinajstić information content (AvgIpc) is 3.36. The zero-order valence-corrected chi connectivity index (χ0v) is 30.2. The molecule has 0 aliphatic heterocycles. The summed E-state index contributed by atoms with van der Waals surface area (Å²) in [5.41, 5.74) is 2.29. The molecule has 0 saturated carbocycles. The zero-order valence-electron chi connectivity index (χ0n) is 30.2. The van der Waals surface area contributed by atoms with Crippen LogP contribution in [0.5, 0.6) is 0 Å². The van der Waals surface area contributed by atoms with Gasteiger partial charge in [-0.2, -0.15) is 0 Å². The van der Waals surface area contributed by atoms with E-state index >= 15 is 0 Å². The van der Waals surface area contributed by atoms with Crippen LogP contribution in [0.25, 0.3) is 0 Å². The Morgan fingerprint density at radius 2 is 1.40 bits per heavy atom. The summed E-state index contributed by atoms with van der Waals surface area (Å²) in [7, 11) is 0. The molecule has 5 atom stereocenters. The molecule has 4 N–H and O–H groups in total. The lowest BCUT2D eigenvalue weighted by atomic mass is 9.89. The molecular weight excluding hydrogens is 600 g/mol. The Kier molecular flexibility index (Phi) is 17.5. The third-order valence-electron chi connectivity index (χ3n) is 9.52. The Labute approximate surface area is 290 Å². The fourth-order valence-electron chi connectivity index (χ4n) is 6.85. The van der Waals surface area contributed by atoms with Crippen LogP contribution in [0.1, 0.15) is 147 Å². The third kappa shape index (κ3) is 14.7. The van der Waals surface area contributed by atoms with Gasteiger partial charge in [0.15, 0.2) is 0 Å². The molecule has 0 saturated heterocycles. The number of hydrogen-bond donors (Lipinski definition) is 4. The fourth-order valence-corrected chi connectivity index (χ4v) is 6.85. The number of carbonyl (C=O) groups excluding carboxylic acids is 2. The van der Waals surface area contributed by atoms with Gasteiger partial charge in [-0.05, 0) is 56.7 Å². The number of nitrogens with one attached hydrogen (secondary N) is 2. The van der Waals surface area contributed by atoms with Crippen LogP contribution in [-0.2, 0) is 22.4 Å². The Morgan fingerprint density at radius 3 is 2.00 bits per heavy atom. The first-order valence-electron chi connectivity index (χ1n) is 18.8. The van der Waals surface area contributed by atoms with Crippen LogP contribution in [-0.4, -0.2) is 46.1 Å². The predicted octanol–water partition coefficient (Wildman–Crippen LogP) is 8.75. The highest BCUT2D eigenvalue weighted by atomic mass is 16.6. The van der Waals surface area contributed by atoms with E-state index in [4.69, 9.17) is 4.74 Å². The summed E-state index contributed by atoms with van der Waals surface area (Å²) < 4.78 is 5.53. The van der Waals surface area contributed by atoms with E-state index in [1.165, 1.54) is 64.2 Å². The van der Waals surface area contributed by atoms with Crippen LogP contribution in [0, 0.1) is 5.92 Å². The smallest absolute Gasteiger partial charge is 0.407 e. The molecule has 7 nitrogen and oxygen atoms in total. The highest BCUT2D eigenvalue weighted by Gasteiger charge is 2.35. The standard InChI is InChI=1S/C41H64N2O5/c1-5-6-7-8-9-10-11-12-13-14-15-16-20-26-33(39(46)43-38-34-27-22-21-25-32(34)29-37(38)45)30-36(44)35(28-31-23-18-17-19-24-31)42-40(47)48-41(2,3)4/h17-19,21-25,27,33,35-38,44-45H,5-16,20,26,28-30H2,1-4H3,(H,42,47)(H,43,46)/t33-,35+,36+,37-,38+/m1/s1. The highest BCUT2D eigenvalue weighted by molar-refractivity contribution is 5.79. The van der Waals surface area contributed by atoms with Crippen molar-refractivity contribution in [2.24, 2.45) is 5.92 Å². The van der Waals surface area contributed by atoms with Crippen LogP contribution in [0.3, 0.4) is 0 Å². The summed E-state index contributed by atoms with van der Waals surface area (Å²) in [5.74, 6) is -0.629. The first-order chi connectivity index (χ1) is 23.1. The molecule has 0 fully saturated rings. The summed E-state index contributed by atoms with van der Waals surface area (Å²) in [5, 5.41) is 28.5. The number of rotatable bonds is 22. The highest BCUT2D eigenvalue weighted by Crippen LogP contribution is 2.32. The molecule has 0 aromatic heterocycles. The van der Waals surface area contributed by atoms with Crippen molar-refractivity contribution in [1.82, 2.24) is 10.6 Å². The zero-order chi connectivity index (χ0) is 34.8. The molecular formula is C41H64N2O5. The van der Waals surface area contributed by atoms with E-state index in [0.29, 0.717) is 19.3 Å². The third-order valence-corrected chi connectivity index (χ3v) is 9.52. The number of fused-ring (bicyclic) bond motifs is 1. The Balaban J connectivity index is 1.60. The molecule has 7 heteroatoms. The van der Waals surface area contributed by atoms with Crippen molar-refractivity contribution in [2.75, 3.05) is 0 Å². The second kappa shape index (κ2) is 21.2. The van der Waals surface area contributed by atoms with Gasteiger partial charge < -0.3 is 25.6 Å². The van der Waals surface area contributed by atoms with Crippen LogP contribution >= 0.6 is 0 Å². The van der Waals surface area contributed by atoms with E-state index in [1.54, 1.807) is 20.8 Å². The minimum absolute atomic E-state index is 0.163. The molecule has 3 rings (SSSR count). The first kappa shape index (κ1) is 39.5. The monoisotopic (exact) mass is 664 g/mol. The van der Waals surface area contributed by atoms with Crippen molar-refractivity contribution < 1.29 is 24.5 Å². The van der Waals surface area contributed by atoms with Crippen molar-refractivity contribution in [1.29, 1.82) is 0 Å². The molecule has 0 radical (unpaired) electrons. The number of aliphatic hydroxyl groups is 2. The van der Waals surface area contributed by atoms with Gasteiger partial charge in [0.2, 0.25) is 5.91 Å². The molecule has 0 bridgehead atoms. The topological polar surface area (TPSA) is 108 Å². The molecule has 1 aliphatic rings. The molecule has 0 unspecified atom stereocenters. The molecule has 0 spiro atoms. The first-order valence-corrected chi connectivity index (χ1v) is 18.8. The van der Waals surface area contributed by atoms with E-state index in [2.05, 4.69) is 17.6 Å². The second-order valence-electron chi connectivity index (χ2n) is 14.9. The fraction of sp³-hybridized carbons (Fsp3) is 0.659. The van der Waals surface area contributed by atoms with Gasteiger partial charge >= 0.3 is 6.09 Å². The molecule has 1 aliphatic carbocycles. The van der Waals surface area contributed by atoms with E-state index in [1.807, 2.05) is 54.6 Å². The van der Waals surface area contributed by atoms with E-state index in [9.17, 15) is 19.8 Å². The van der Waals surface area contributed by atoms with Crippen molar-refractivity contribution in [2.45, 2.75) is 167 Å². The van der Waals surface area contributed by atoms with Gasteiger partial charge in [-0.1, -0.05) is 145 Å². The molecule has 268 valence electrons. The maximum atomic E-state index is 13.9. The summed E-state index contributed by atoms with van der Waals surface area (Å²) >= 11 is 0. The number of alkyl carbamates (subject to hydrolysis) is 1. The summed E-state index contributed by atoms with van der Waals surface area (Å²) in [6.07, 6.45) is 15.7. The summed E-state index contributed by atoms with van der Waals surface area (Å²) in [4.78, 5) is 26.7. The minimum Gasteiger partial charge on any atom is -0.444 e. The molecule has 48 heavy (non-hydrogen) atoms. The maximum absolute atomic E-state index is 13.9. The normalized spacial score (nSPS) is 17.7. The SMILES string of the molecule is CCCCCCCCCCCCCCC[C@H](C[C@H](O)[C@H](Cc1ccccc1)NC(=O)OC(C)(C)C)C(=O)N[C@H]1c2ccccc2C[C@H]1O. The lowest BCUT2D eigenvalue weighted by Crippen LogP contribution is -2.48. The molecule has 0 heterocycles. The van der Waals surface area contributed by atoms with Crippen molar-refractivity contribution in [3.05, 3.63) is 71.3 Å². The number of carbonyl (C=O) groups is 2. The van der Waals surface area contributed by atoms with Gasteiger partial charge in [0, 0.05) is 12.3 Å². The van der Waals surface area contributed by atoms with Crippen molar-refractivity contribution >= 4 is 12.0 Å². The maximum Gasteiger partial charge on any atom is 0.407 e. The number of ether oxygens (including phenoxy) is 1. The number of hydrogen-bond acceptors (Lipinski definition) is 5. The van der Waals surface area contributed by atoms with Crippen LogP contribution < -0.4 is 10.6 Å². The van der Waals surface area contributed by atoms with Crippen LogP contribution in [0.15, 0.2) is 54.6 Å². The second-order valence-corrected chi connectivity index (χ2v) is 14.9. The van der Waals surface area contributed by atoms with Gasteiger partial charge in [-0.25, -0.2) is 4.79 Å². The van der Waals surface area contributed by atoms with Gasteiger partial charge in [0.1, 0.15) is 5.60 Å². The number of amides is 2. The molecule has 2 aromatic carbocycles. The van der Waals surface area contributed by atoms with Crippen molar-refractivity contribution in [3.63, 3.8) is 0 Å². The lowest BCUT2D eigenvalue weighted by Gasteiger charge is -2.29. The van der Waals surface area contributed by atoms with E-state index in [-0.39, 0.29) is 12.3 Å². The van der Waals surface area contributed by atoms with Gasteiger partial charge in [0.05, 0.1) is 24.3 Å². The largest absolute Gasteiger partial charge is 0.444 e. The average molecular weight is 665 g/mol. The number of unbranched alkanes of at least 4 members (excludes halogenated alkanes) is 12. The summed E-state index contributed by atoms with van der Waals surface area (Å²) in [6, 6.07) is 16.5. The van der Waals surface area contributed by atoms with Gasteiger partial charge in [-0.3, -0.25) is 4.79 Å². The number of aliphatic hydroxyl groups excluding tert-OH is 2. The Bertz CT molecular complexity index is 1200. The summed E-state index contributed by atoms with van der Waals surface area (Å²) in [6.45, 7) is 7.68. The predicted molar refractivity (Wildman–Crippen MR) is 195 cm³/mol. The van der Waals surface area contributed by atoms with Gasteiger partial charge in [-0.15, -0.1) is 0 Å². The number of benzene rings is 2. The van der Waals surface area contributed by atoms with E-state index < -0.39 is 41.9 Å². The van der Waals surface area contributed by atoms with Crippen molar-refractivity contribution in [3.8, 4) is 0 Å². The van der Waals surface area contributed by atoms with Gasteiger partial charge in [0.25, 0.3) is 0 Å². The quantitative estimate of drug-likeness (QED) is 0.0942. The lowest BCUT2D eigenvalue weighted by molar-refractivity contribution is -0.128.